The maximum Gasteiger partial charge on any atom is 0.132 e. The van der Waals surface area contributed by atoms with Gasteiger partial charge in [-0.25, -0.2) is 0 Å². The lowest BCUT2D eigenvalue weighted by Crippen LogP contribution is -2.32. The molecule has 0 aromatic heterocycles. The van der Waals surface area contributed by atoms with E-state index in [4.69, 9.17) is 25.8 Å². The predicted molar refractivity (Wildman–Crippen MR) is 110 cm³/mol. The summed E-state index contributed by atoms with van der Waals surface area (Å²) in [7, 11) is 5.06. The average molecular weight is 390 g/mol. The van der Waals surface area contributed by atoms with Crippen LogP contribution in [0.5, 0.6) is 17.2 Å². The second-order valence-corrected chi connectivity index (χ2v) is 7.13. The first-order chi connectivity index (χ1) is 13.2. The standard InChI is InChI=1S/C22H28ClNO3/c1-25-20-14-21(26-2)19(22(27-3)18(20)8-11-23)10-13-24-12-9-16-6-4-5-7-17(16)15-24/h4-7,14H,8-13,15H2,1-3H3. The first-order valence-electron chi connectivity index (χ1n) is 9.37. The van der Waals surface area contributed by atoms with Gasteiger partial charge in [-0.1, -0.05) is 24.3 Å². The Hall–Kier alpha value is -1.91. The van der Waals surface area contributed by atoms with Crippen LogP contribution < -0.4 is 14.2 Å². The van der Waals surface area contributed by atoms with Gasteiger partial charge in [0.2, 0.25) is 0 Å². The van der Waals surface area contributed by atoms with E-state index in [2.05, 4.69) is 29.2 Å². The highest BCUT2D eigenvalue weighted by molar-refractivity contribution is 6.18. The minimum atomic E-state index is 0.515. The molecule has 0 unspecified atom stereocenters. The molecule has 0 spiro atoms. The van der Waals surface area contributed by atoms with E-state index in [1.807, 2.05) is 6.07 Å². The third-order valence-electron chi connectivity index (χ3n) is 5.28. The largest absolute Gasteiger partial charge is 0.496 e. The maximum atomic E-state index is 6.02. The number of hydrogen-bond acceptors (Lipinski definition) is 4. The summed E-state index contributed by atoms with van der Waals surface area (Å²) in [5.74, 6) is 2.92. The van der Waals surface area contributed by atoms with Crippen molar-refractivity contribution in [1.29, 1.82) is 0 Å². The Morgan fingerprint density at radius 2 is 1.59 bits per heavy atom. The number of rotatable bonds is 8. The van der Waals surface area contributed by atoms with Gasteiger partial charge in [0.25, 0.3) is 0 Å². The van der Waals surface area contributed by atoms with Gasteiger partial charge in [-0.15, -0.1) is 11.6 Å². The van der Waals surface area contributed by atoms with Gasteiger partial charge in [0.05, 0.1) is 21.3 Å². The molecule has 0 saturated carbocycles. The molecular formula is C22H28ClNO3. The van der Waals surface area contributed by atoms with E-state index in [1.54, 1.807) is 21.3 Å². The molecule has 1 heterocycles. The fourth-order valence-corrected chi connectivity index (χ4v) is 4.08. The van der Waals surface area contributed by atoms with Crippen molar-refractivity contribution in [3.63, 3.8) is 0 Å². The third kappa shape index (κ3) is 4.33. The predicted octanol–water partition coefficient (Wildman–Crippen LogP) is 4.09. The van der Waals surface area contributed by atoms with Crippen LogP contribution in [0.3, 0.4) is 0 Å². The van der Waals surface area contributed by atoms with Gasteiger partial charge < -0.3 is 14.2 Å². The van der Waals surface area contributed by atoms with Gasteiger partial charge >= 0.3 is 0 Å². The molecule has 0 fully saturated rings. The second-order valence-electron chi connectivity index (χ2n) is 6.76. The van der Waals surface area contributed by atoms with Crippen molar-refractivity contribution >= 4 is 11.6 Å². The first-order valence-corrected chi connectivity index (χ1v) is 9.91. The summed E-state index contributed by atoms with van der Waals surface area (Å²) in [6.45, 7) is 3.02. The lowest BCUT2D eigenvalue weighted by atomic mass is 9.98. The van der Waals surface area contributed by atoms with Crippen molar-refractivity contribution < 1.29 is 14.2 Å². The minimum absolute atomic E-state index is 0.515. The maximum absolute atomic E-state index is 6.02. The van der Waals surface area contributed by atoms with Crippen molar-refractivity contribution in [2.75, 3.05) is 40.3 Å². The Bertz CT molecular complexity index is 778. The van der Waals surface area contributed by atoms with Crippen molar-refractivity contribution in [2.24, 2.45) is 0 Å². The van der Waals surface area contributed by atoms with E-state index in [1.165, 1.54) is 11.1 Å². The van der Waals surface area contributed by atoms with Gasteiger partial charge in [0.1, 0.15) is 17.2 Å². The quantitative estimate of drug-likeness (QED) is 0.636. The fraction of sp³-hybridized carbons (Fsp3) is 0.455. The first kappa shape index (κ1) is 19.8. The van der Waals surface area contributed by atoms with E-state index in [9.17, 15) is 0 Å². The van der Waals surface area contributed by atoms with Crippen LogP contribution in [0, 0.1) is 0 Å². The number of methoxy groups -OCH3 is 3. The number of ether oxygens (including phenoxy) is 3. The van der Waals surface area contributed by atoms with E-state index < -0.39 is 0 Å². The number of hydrogen-bond donors (Lipinski definition) is 0. The molecule has 2 aromatic carbocycles. The zero-order valence-electron chi connectivity index (χ0n) is 16.4. The Kier molecular flexibility index (Phi) is 6.86. The summed E-state index contributed by atoms with van der Waals surface area (Å²) in [6.07, 6.45) is 2.65. The van der Waals surface area contributed by atoms with Crippen molar-refractivity contribution in [1.82, 2.24) is 4.90 Å². The van der Waals surface area contributed by atoms with Crippen LogP contribution in [0.15, 0.2) is 30.3 Å². The Morgan fingerprint density at radius 1 is 0.926 bits per heavy atom. The van der Waals surface area contributed by atoms with Crippen LogP contribution >= 0.6 is 11.6 Å². The van der Waals surface area contributed by atoms with Gasteiger partial charge in [-0.05, 0) is 30.4 Å². The van der Waals surface area contributed by atoms with E-state index in [0.717, 1.165) is 60.9 Å². The molecule has 1 aliphatic rings. The average Bonchev–Trinajstić information content (AvgIpc) is 2.72. The van der Waals surface area contributed by atoms with Crippen LogP contribution in [0.4, 0.5) is 0 Å². The van der Waals surface area contributed by atoms with Crippen LogP contribution in [-0.2, 0) is 25.8 Å². The summed E-state index contributed by atoms with van der Waals surface area (Å²) in [4.78, 5) is 2.49. The van der Waals surface area contributed by atoms with Crippen molar-refractivity contribution in [3.05, 3.63) is 52.6 Å². The van der Waals surface area contributed by atoms with Crippen LogP contribution in [0.1, 0.15) is 22.3 Å². The molecule has 0 saturated heterocycles. The summed E-state index contributed by atoms with van der Waals surface area (Å²) in [5, 5.41) is 0. The van der Waals surface area contributed by atoms with Crippen molar-refractivity contribution in [2.45, 2.75) is 25.8 Å². The lowest BCUT2D eigenvalue weighted by Gasteiger charge is -2.29. The van der Waals surface area contributed by atoms with Gasteiger partial charge in [-0.3, -0.25) is 4.90 Å². The number of nitrogens with zero attached hydrogens (tertiary/aromatic N) is 1. The molecule has 146 valence electrons. The summed E-state index contributed by atoms with van der Waals surface area (Å²) >= 11 is 6.02. The molecule has 3 rings (SSSR count). The molecule has 1 aliphatic heterocycles. The zero-order valence-corrected chi connectivity index (χ0v) is 17.1. The Balaban J connectivity index is 1.82. The fourth-order valence-electron chi connectivity index (χ4n) is 3.89. The van der Waals surface area contributed by atoms with Gasteiger partial charge in [0, 0.05) is 42.7 Å². The number of halogens is 1. The third-order valence-corrected chi connectivity index (χ3v) is 5.47. The molecule has 0 radical (unpaired) electrons. The summed E-state index contributed by atoms with van der Waals surface area (Å²) < 4.78 is 17.0. The summed E-state index contributed by atoms with van der Waals surface area (Å²) in [5.41, 5.74) is 4.99. The normalized spacial score (nSPS) is 13.9. The molecule has 27 heavy (non-hydrogen) atoms. The van der Waals surface area contributed by atoms with E-state index >= 15 is 0 Å². The monoisotopic (exact) mass is 389 g/mol. The SMILES string of the molecule is COc1cc(OC)c(CCN2CCc3ccccc3C2)c(OC)c1CCCl. The molecule has 0 atom stereocenters. The smallest absolute Gasteiger partial charge is 0.132 e. The molecule has 0 aliphatic carbocycles. The highest BCUT2D eigenvalue weighted by Crippen LogP contribution is 2.40. The second kappa shape index (κ2) is 9.34. The minimum Gasteiger partial charge on any atom is -0.496 e. The van der Waals surface area contributed by atoms with E-state index in [-0.39, 0.29) is 0 Å². The Labute approximate surface area is 167 Å². The summed E-state index contributed by atoms with van der Waals surface area (Å²) in [6, 6.07) is 10.7. The van der Waals surface area contributed by atoms with Crippen molar-refractivity contribution in [3.8, 4) is 17.2 Å². The molecule has 0 N–H and O–H groups in total. The highest BCUT2D eigenvalue weighted by Gasteiger charge is 2.22. The van der Waals surface area contributed by atoms with E-state index in [0.29, 0.717) is 12.3 Å². The molecule has 0 bridgehead atoms. The lowest BCUT2D eigenvalue weighted by molar-refractivity contribution is 0.254. The molecular weight excluding hydrogens is 362 g/mol. The van der Waals surface area contributed by atoms with Crippen LogP contribution in [0.25, 0.3) is 0 Å². The zero-order chi connectivity index (χ0) is 19.2. The number of benzene rings is 2. The molecule has 2 aromatic rings. The van der Waals surface area contributed by atoms with Gasteiger partial charge in [-0.2, -0.15) is 0 Å². The number of alkyl halides is 1. The van der Waals surface area contributed by atoms with Gasteiger partial charge in [0.15, 0.2) is 0 Å². The van der Waals surface area contributed by atoms with Crippen LogP contribution in [0.2, 0.25) is 0 Å². The Morgan fingerprint density at radius 3 is 2.22 bits per heavy atom. The molecule has 0 amide bonds. The highest BCUT2D eigenvalue weighted by atomic mass is 35.5. The topological polar surface area (TPSA) is 30.9 Å². The number of fused-ring (bicyclic) bond motifs is 1. The molecule has 5 heteroatoms. The molecule has 4 nitrogen and oxygen atoms in total. The van der Waals surface area contributed by atoms with Crippen LogP contribution in [-0.4, -0.2) is 45.2 Å².